The Morgan fingerprint density at radius 1 is 0.976 bits per heavy atom. The Hall–Kier alpha value is -3.79. The van der Waals surface area contributed by atoms with E-state index in [-0.39, 0.29) is 43.0 Å². The number of carbonyl (C=O) groups excluding carboxylic acids is 2. The molecule has 0 saturated heterocycles. The van der Waals surface area contributed by atoms with Crippen LogP contribution in [0, 0.1) is 0 Å². The smallest absolute Gasteiger partial charge is 0.416 e. The van der Waals surface area contributed by atoms with Gasteiger partial charge in [0, 0.05) is 29.3 Å². The second kappa shape index (κ2) is 12.4. The molecule has 2 atom stereocenters. The highest BCUT2D eigenvalue weighted by atomic mass is 19.4. The molecule has 1 aliphatic heterocycles. The lowest BCUT2D eigenvalue weighted by Gasteiger charge is -2.37. The van der Waals surface area contributed by atoms with Crippen LogP contribution in [0.5, 0.6) is 11.5 Å². The molecule has 2 aromatic rings. The third-order valence-corrected chi connectivity index (χ3v) is 7.27. The lowest BCUT2D eigenvalue weighted by atomic mass is 9.71. The number of Topliss-reactive ketones (excluding diaryl/α,β-unsaturated/α-hetero) is 1. The van der Waals surface area contributed by atoms with Crippen LogP contribution in [-0.2, 0) is 25.2 Å². The predicted molar refractivity (Wildman–Crippen MR) is 146 cm³/mol. The van der Waals surface area contributed by atoms with Crippen LogP contribution in [0.15, 0.2) is 65.0 Å². The van der Waals surface area contributed by atoms with E-state index in [1.165, 1.54) is 19.2 Å². The van der Waals surface area contributed by atoms with Gasteiger partial charge in [-0.2, -0.15) is 13.2 Å². The molecule has 7 nitrogen and oxygen atoms in total. The van der Waals surface area contributed by atoms with E-state index in [4.69, 9.17) is 18.9 Å². The Bertz CT molecular complexity index is 1360. The number of methoxy groups -OCH3 is 2. The van der Waals surface area contributed by atoms with Crippen molar-refractivity contribution in [2.45, 2.75) is 57.7 Å². The van der Waals surface area contributed by atoms with E-state index >= 15 is 0 Å². The first kappa shape index (κ1) is 30.2. The number of halogens is 3. The molecule has 0 fully saturated rings. The molecule has 0 spiro atoms. The lowest BCUT2D eigenvalue weighted by molar-refractivity contribution is -0.141. The molecule has 220 valence electrons. The molecule has 1 heterocycles. The van der Waals surface area contributed by atoms with Crippen LogP contribution in [0.25, 0.3) is 0 Å². The maximum Gasteiger partial charge on any atom is 0.416 e. The molecule has 1 N–H and O–H groups in total. The highest BCUT2D eigenvalue weighted by molar-refractivity contribution is 6.04. The summed E-state index contributed by atoms with van der Waals surface area (Å²) >= 11 is 0. The Labute approximate surface area is 237 Å². The summed E-state index contributed by atoms with van der Waals surface area (Å²) in [5, 5.41) is 3.24. The van der Waals surface area contributed by atoms with Gasteiger partial charge in [-0.15, -0.1) is 0 Å². The molecule has 0 bridgehead atoms. The van der Waals surface area contributed by atoms with Gasteiger partial charge in [-0.05, 0) is 68.5 Å². The van der Waals surface area contributed by atoms with Crippen molar-refractivity contribution < 1.29 is 41.7 Å². The van der Waals surface area contributed by atoms with Crippen LogP contribution in [0.1, 0.15) is 62.1 Å². The molecule has 1 aliphatic carbocycles. The summed E-state index contributed by atoms with van der Waals surface area (Å²) in [7, 11) is 3.08. The van der Waals surface area contributed by atoms with Crippen LogP contribution in [-0.4, -0.2) is 45.3 Å². The van der Waals surface area contributed by atoms with Crippen molar-refractivity contribution in [3.05, 3.63) is 81.7 Å². The topological polar surface area (TPSA) is 83.1 Å². The number of ether oxygens (including phenoxy) is 4. The molecule has 4 rings (SSSR count). The lowest BCUT2D eigenvalue weighted by Crippen LogP contribution is -2.36. The van der Waals surface area contributed by atoms with Crippen LogP contribution in [0.4, 0.5) is 13.2 Å². The molecule has 0 radical (unpaired) electrons. The van der Waals surface area contributed by atoms with E-state index in [2.05, 4.69) is 5.32 Å². The molecule has 0 saturated carbocycles. The SMILES string of the molecule is COc1ccc([C@H]2CC(=O)C3=C(C2)NC(C)=C(C(=O)OCCOC(C)C)[C@H]3c2ccc(C(F)(F)F)cc2)cc1OC. The van der Waals surface area contributed by atoms with Gasteiger partial charge in [0.25, 0.3) is 0 Å². The van der Waals surface area contributed by atoms with Crippen LogP contribution in [0.3, 0.4) is 0 Å². The fraction of sp³-hybridized carbons (Fsp3) is 0.419. The molecule has 0 amide bonds. The maximum absolute atomic E-state index is 13.8. The average molecular weight is 574 g/mol. The minimum Gasteiger partial charge on any atom is -0.493 e. The molecule has 2 aliphatic rings. The van der Waals surface area contributed by atoms with Gasteiger partial charge in [0.15, 0.2) is 17.3 Å². The van der Waals surface area contributed by atoms with Crippen molar-refractivity contribution in [3.63, 3.8) is 0 Å². The number of ketones is 1. The van der Waals surface area contributed by atoms with Crippen molar-refractivity contribution in [2.24, 2.45) is 0 Å². The van der Waals surface area contributed by atoms with Crippen molar-refractivity contribution in [1.29, 1.82) is 0 Å². The number of allylic oxidation sites excluding steroid dienone is 3. The van der Waals surface area contributed by atoms with Crippen molar-refractivity contribution in [3.8, 4) is 11.5 Å². The Balaban J connectivity index is 1.71. The van der Waals surface area contributed by atoms with Gasteiger partial charge in [0.2, 0.25) is 0 Å². The van der Waals surface area contributed by atoms with Gasteiger partial charge in [-0.25, -0.2) is 4.79 Å². The maximum atomic E-state index is 13.8. The molecule has 41 heavy (non-hydrogen) atoms. The van der Waals surface area contributed by atoms with E-state index in [1.807, 2.05) is 26.0 Å². The Morgan fingerprint density at radius 2 is 1.63 bits per heavy atom. The zero-order chi connectivity index (χ0) is 29.9. The number of carbonyl (C=O) groups is 2. The number of dihydropyridines is 1. The summed E-state index contributed by atoms with van der Waals surface area (Å²) in [6, 6.07) is 10.1. The molecule has 0 aromatic heterocycles. The minimum atomic E-state index is -4.52. The molecule has 2 aromatic carbocycles. The van der Waals surface area contributed by atoms with Gasteiger partial charge in [0.05, 0.1) is 38.1 Å². The van der Waals surface area contributed by atoms with Crippen LogP contribution in [0.2, 0.25) is 0 Å². The van der Waals surface area contributed by atoms with Crippen LogP contribution < -0.4 is 14.8 Å². The number of esters is 1. The monoisotopic (exact) mass is 573 g/mol. The number of benzene rings is 2. The number of hydrogen-bond donors (Lipinski definition) is 1. The van der Waals surface area contributed by atoms with E-state index in [0.29, 0.717) is 40.5 Å². The third-order valence-electron chi connectivity index (χ3n) is 7.27. The number of rotatable bonds is 9. The fourth-order valence-electron chi connectivity index (χ4n) is 5.35. The minimum absolute atomic E-state index is 0.00521. The van der Waals surface area contributed by atoms with Gasteiger partial charge >= 0.3 is 12.1 Å². The van der Waals surface area contributed by atoms with Gasteiger partial charge in [-0.1, -0.05) is 18.2 Å². The molecule has 0 unspecified atom stereocenters. The van der Waals surface area contributed by atoms with Crippen LogP contribution >= 0.6 is 0 Å². The standard InChI is InChI=1S/C31H34F3NO6/c1-17(2)40-12-13-41-30(37)27-18(3)35-23-14-21(20-8-11-25(38-4)26(16-20)39-5)15-24(36)29(23)28(27)19-6-9-22(10-7-19)31(32,33)34/h6-11,16-17,21,28,35H,12-15H2,1-5H3/t21-,28-/m1/s1. The molecule has 10 heteroatoms. The zero-order valence-corrected chi connectivity index (χ0v) is 23.7. The fourth-order valence-corrected chi connectivity index (χ4v) is 5.35. The normalized spacial score (nSPS) is 19.2. The Kier molecular flexibility index (Phi) is 9.11. The van der Waals surface area contributed by atoms with Gasteiger partial charge < -0.3 is 24.3 Å². The highest BCUT2D eigenvalue weighted by Crippen LogP contribution is 2.47. The van der Waals surface area contributed by atoms with E-state index < -0.39 is 23.6 Å². The highest BCUT2D eigenvalue weighted by Gasteiger charge is 2.42. The van der Waals surface area contributed by atoms with Crippen molar-refractivity contribution in [1.82, 2.24) is 5.32 Å². The second-order valence-corrected chi connectivity index (χ2v) is 10.3. The van der Waals surface area contributed by atoms with Crippen molar-refractivity contribution in [2.75, 3.05) is 27.4 Å². The summed E-state index contributed by atoms with van der Waals surface area (Å²) in [4.78, 5) is 27.1. The number of nitrogens with one attached hydrogen (secondary N) is 1. The predicted octanol–water partition coefficient (Wildman–Crippen LogP) is 6.05. The summed E-state index contributed by atoms with van der Waals surface area (Å²) in [6.45, 7) is 5.60. The van der Waals surface area contributed by atoms with Gasteiger partial charge in [-0.3, -0.25) is 4.79 Å². The number of alkyl halides is 3. The average Bonchev–Trinajstić information content (AvgIpc) is 2.93. The summed E-state index contributed by atoms with van der Waals surface area (Å²) in [5.74, 6) is -0.823. The molecular weight excluding hydrogens is 539 g/mol. The quantitative estimate of drug-likeness (QED) is 0.289. The molecular formula is C31H34F3NO6. The van der Waals surface area contributed by atoms with Gasteiger partial charge in [0.1, 0.15) is 6.61 Å². The first-order chi connectivity index (χ1) is 19.4. The summed E-state index contributed by atoms with van der Waals surface area (Å²) < 4.78 is 61.6. The third kappa shape index (κ3) is 6.59. The summed E-state index contributed by atoms with van der Waals surface area (Å²) in [6.07, 6.45) is -3.96. The first-order valence-electron chi connectivity index (χ1n) is 13.4. The largest absolute Gasteiger partial charge is 0.493 e. The number of hydrogen-bond acceptors (Lipinski definition) is 7. The van der Waals surface area contributed by atoms with Crippen molar-refractivity contribution >= 4 is 11.8 Å². The first-order valence-corrected chi connectivity index (χ1v) is 13.4. The van der Waals surface area contributed by atoms with E-state index in [1.54, 1.807) is 20.1 Å². The second-order valence-electron chi connectivity index (χ2n) is 10.3. The summed E-state index contributed by atoms with van der Waals surface area (Å²) in [5.41, 5.74) is 2.11. The van der Waals surface area contributed by atoms with E-state index in [0.717, 1.165) is 17.7 Å². The van der Waals surface area contributed by atoms with E-state index in [9.17, 15) is 22.8 Å². The zero-order valence-electron chi connectivity index (χ0n) is 23.7. The Morgan fingerprint density at radius 3 is 2.24 bits per heavy atom.